The largest absolute Gasteiger partial charge is 0.335 e. The number of halogens is 1. The van der Waals surface area contributed by atoms with Gasteiger partial charge >= 0.3 is 0 Å². The second-order valence-corrected chi connectivity index (χ2v) is 7.50. The molecule has 1 atom stereocenters. The van der Waals surface area contributed by atoms with Gasteiger partial charge in [0.1, 0.15) is 5.82 Å². The smallest absolute Gasteiger partial charge is 0.254 e. The van der Waals surface area contributed by atoms with Crippen LogP contribution in [0.3, 0.4) is 0 Å². The number of anilines is 1. The molecule has 0 N–H and O–H groups in total. The molecule has 0 spiro atoms. The molecule has 0 aromatic heterocycles. The highest BCUT2D eigenvalue weighted by Crippen LogP contribution is 2.27. The van der Waals surface area contributed by atoms with Gasteiger partial charge in [-0.05, 0) is 49.4 Å². The first kappa shape index (κ1) is 18.6. The molecule has 0 saturated carbocycles. The summed E-state index contributed by atoms with van der Waals surface area (Å²) in [6, 6.07) is 13.8. The highest BCUT2D eigenvalue weighted by Gasteiger charge is 2.29. The minimum absolute atomic E-state index is 0.0293. The topological polar surface area (TPSA) is 43.9 Å². The van der Waals surface area contributed by atoms with Gasteiger partial charge in [-0.1, -0.05) is 18.2 Å². The first-order valence-electron chi connectivity index (χ1n) is 9.68. The Labute approximate surface area is 164 Å². The van der Waals surface area contributed by atoms with Crippen LogP contribution in [-0.4, -0.2) is 54.8 Å². The number of amides is 2. The third-order valence-electron chi connectivity index (χ3n) is 5.67. The highest BCUT2D eigenvalue weighted by molar-refractivity contribution is 5.99. The van der Waals surface area contributed by atoms with Crippen molar-refractivity contribution < 1.29 is 14.0 Å². The fourth-order valence-electron chi connectivity index (χ4n) is 4.01. The highest BCUT2D eigenvalue weighted by atomic mass is 19.1. The maximum Gasteiger partial charge on any atom is 0.254 e. The Morgan fingerprint density at radius 1 is 1.07 bits per heavy atom. The van der Waals surface area contributed by atoms with E-state index in [1.54, 1.807) is 23.1 Å². The van der Waals surface area contributed by atoms with Crippen LogP contribution in [-0.2, 0) is 4.79 Å². The zero-order valence-electron chi connectivity index (χ0n) is 16.0. The second kappa shape index (κ2) is 7.72. The summed E-state index contributed by atoms with van der Waals surface area (Å²) >= 11 is 0. The monoisotopic (exact) mass is 381 g/mol. The molecule has 4 rings (SSSR count). The van der Waals surface area contributed by atoms with Gasteiger partial charge < -0.3 is 9.80 Å². The van der Waals surface area contributed by atoms with Gasteiger partial charge in [-0.25, -0.2) is 4.39 Å². The fraction of sp³-hybridized carbons (Fsp3) is 0.364. The summed E-state index contributed by atoms with van der Waals surface area (Å²) in [5, 5.41) is 0. The molecule has 2 aromatic rings. The Bertz CT molecular complexity index is 884. The lowest BCUT2D eigenvalue weighted by Crippen LogP contribution is -2.49. The number of hydrogen-bond acceptors (Lipinski definition) is 3. The maximum atomic E-state index is 13.3. The number of likely N-dealkylation sites (N-methyl/N-ethyl adjacent to an activating group) is 1. The van der Waals surface area contributed by atoms with Gasteiger partial charge in [-0.2, -0.15) is 0 Å². The van der Waals surface area contributed by atoms with Crippen molar-refractivity contribution >= 4 is 17.5 Å². The van der Waals surface area contributed by atoms with Crippen LogP contribution in [0.4, 0.5) is 10.1 Å². The van der Waals surface area contributed by atoms with Crippen LogP contribution in [0.25, 0.3) is 0 Å². The number of piperazine rings is 1. The van der Waals surface area contributed by atoms with E-state index >= 15 is 0 Å². The maximum absolute atomic E-state index is 13.3. The Morgan fingerprint density at radius 2 is 1.86 bits per heavy atom. The van der Waals surface area contributed by atoms with E-state index in [1.165, 1.54) is 12.1 Å². The summed E-state index contributed by atoms with van der Waals surface area (Å²) in [5.74, 6) is -0.183. The Morgan fingerprint density at radius 3 is 2.57 bits per heavy atom. The average molecular weight is 381 g/mol. The van der Waals surface area contributed by atoms with E-state index in [-0.39, 0.29) is 23.7 Å². The lowest BCUT2D eigenvalue weighted by molar-refractivity contribution is -0.117. The van der Waals surface area contributed by atoms with Crippen LogP contribution in [0.5, 0.6) is 0 Å². The van der Waals surface area contributed by atoms with Crippen LogP contribution < -0.4 is 4.90 Å². The summed E-state index contributed by atoms with van der Waals surface area (Å²) < 4.78 is 13.3. The van der Waals surface area contributed by atoms with Gasteiger partial charge in [0, 0.05) is 43.9 Å². The summed E-state index contributed by atoms with van der Waals surface area (Å²) in [4.78, 5) is 30.9. The first-order chi connectivity index (χ1) is 13.5. The molecule has 0 bridgehead atoms. The molecule has 6 heteroatoms. The van der Waals surface area contributed by atoms with E-state index < -0.39 is 0 Å². The van der Waals surface area contributed by atoms with Crippen molar-refractivity contribution in [1.82, 2.24) is 9.80 Å². The molecule has 2 amide bonds. The molecule has 2 aliphatic heterocycles. The Hall–Kier alpha value is -2.73. The van der Waals surface area contributed by atoms with E-state index in [0.717, 1.165) is 24.2 Å². The molecule has 0 radical (unpaired) electrons. The summed E-state index contributed by atoms with van der Waals surface area (Å²) in [7, 11) is 2.02. The van der Waals surface area contributed by atoms with Crippen LogP contribution in [0.15, 0.2) is 48.5 Å². The van der Waals surface area contributed by atoms with Crippen molar-refractivity contribution in [3.8, 4) is 0 Å². The molecule has 0 aliphatic carbocycles. The van der Waals surface area contributed by atoms with E-state index in [0.29, 0.717) is 31.6 Å². The summed E-state index contributed by atoms with van der Waals surface area (Å²) in [6.45, 7) is 2.64. The molecular weight excluding hydrogens is 357 g/mol. The van der Waals surface area contributed by atoms with Gasteiger partial charge in [-0.3, -0.25) is 14.5 Å². The molecular formula is C22H24FN3O2. The minimum Gasteiger partial charge on any atom is -0.335 e. The third-order valence-corrected chi connectivity index (χ3v) is 5.67. The quantitative estimate of drug-likeness (QED) is 0.821. The van der Waals surface area contributed by atoms with E-state index in [9.17, 15) is 14.0 Å². The number of hydrogen-bond donors (Lipinski definition) is 0. The molecule has 2 aliphatic rings. The first-order valence-corrected chi connectivity index (χ1v) is 9.68. The van der Waals surface area contributed by atoms with Gasteiger partial charge in [0.25, 0.3) is 5.91 Å². The Kier molecular flexibility index (Phi) is 5.13. The normalized spacial score (nSPS) is 20.6. The molecule has 2 heterocycles. The van der Waals surface area contributed by atoms with Crippen molar-refractivity contribution in [3.63, 3.8) is 0 Å². The summed E-state index contributed by atoms with van der Waals surface area (Å²) in [6.07, 6.45) is 1.42. The van der Waals surface area contributed by atoms with E-state index in [1.807, 2.05) is 30.1 Å². The van der Waals surface area contributed by atoms with Crippen molar-refractivity contribution in [3.05, 3.63) is 65.5 Å². The number of carbonyl (C=O) groups is 2. The van der Waals surface area contributed by atoms with Gasteiger partial charge in [0.2, 0.25) is 5.91 Å². The predicted molar refractivity (Wildman–Crippen MR) is 106 cm³/mol. The molecule has 146 valence electrons. The van der Waals surface area contributed by atoms with Crippen molar-refractivity contribution in [2.75, 3.05) is 38.1 Å². The Balaban J connectivity index is 1.53. The summed E-state index contributed by atoms with van der Waals surface area (Å²) in [5.41, 5.74) is 2.38. The zero-order chi connectivity index (χ0) is 19.7. The lowest BCUT2D eigenvalue weighted by atomic mass is 10.0. The van der Waals surface area contributed by atoms with Crippen LogP contribution in [0.1, 0.15) is 34.8 Å². The second-order valence-electron chi connectivity index (χ2n) is 7.50. The molecule has 5 nitrogen and oxygen atoms in total. The molecule has 2 fully saturated rings. The number of benzene rings is 2. The van der Waals surface area contributed by atoms with E-state index in [2.05, 4.69) is 4.90 Å². The fourth-order valence-corrected chi connectivity index (χ4v) is 4.01. The number of nitrogens with zero attached hydrogens (tertiary/aromatic N) is 3. The van der Waals surface area contributed by atoms with Gasteiger partial charge in [0.05, 0.1) is 6.04 Å². The van der Waals surface area contributed by atoms with Crippen molar-refractivity contribution in [2.45, 2.75) is 18.9 Å². The molecule has 28 heavy (non-hydrogen) atoms. The van der Waals surface area contributed by atoms with E-state index in [4.69, 9.17) is 0 Å². The standard InChI is InChI=1S/C22H24FN3O2/c1-24-12-13-25(15-20(24)16-7-9-18(23)10-8-16)22(28)17-4-2-5-19(14-17)26-11-3-6-21(26)27/h2,4-5,7-10,14,20H,3,6,11-13,15H2,1H3. The molecule has 2 aromatic carbocycles. The number of rotatable bonds is 3. The van der Waals surface area contributed by atoms with Crippen molar-refractivity contribution in [1.29, 1.82) is 0 Å². The SMILES string of the molecule is CN1CCN(C(=O)c2cccc(N3CCCC3=O)c2)CC1c1ccc(F)cc1. The average Bonchev–Trinajstić information content (AvgIpc) is 3.15. The van der Waals surface area contributed by atoms with Gasteiger partial charge in [0.15, 0.2) is 0 Å². The predicted octanol–water partition coefficient (Wildman–Crippen LogP) is 3.08. The van der Waals surface area contributed by atoms with Crippen LogP contribution in [0.2, 0.25) is 0 Å². The zero-order valence-corrected chi connectivity index (χ0v) is 16.0. The van der Waals surface area contributed by atoms with Crippen molar-refractivity contribution in [2.24, 2.45) is 0 Å². The minimum atomic E-state index is -0.261. The van der Waals surface area contributed by atoms with Gasteiger partial charge in [-0.15, -0.1) is 0 Å². The van der Waals surface area contributed by atoms with Crippen LogP contribution in [0, 0.1) is 5.82 Å². The van der Waals surface area contributed by atoms with Crippen LogP contribution >= 0.6 is 0 Å². The molecule has 2 saturated heterocycles. The lowest BCUT2D eigenvalue weighted by Gasteiger charge is -2.39. The molecule has 1 unspecified atom stereocenters. The number of carbonyl (C=O) groups excluding carboxylic acids is 2. The third kappa shape index (κ3) is 3.64.